The Bertz CT molecular complexity index is 1270. The Hall–Kier alpha value is -4.02. The van der Waals surface area contributed by atoms with Gasteiger partial charge in [-0.05, 0) is 42.3 Å². The zero-order valence-corrected chi connectivity index (χ0v) is 17.5. The van der Waals surface area contributed by atoms with E-state index in [1.807, 2.05) is 0 Å². The first-order chi connectivity index (χ1) is 15.8. The van der Waals surface area contributed by atoms with Gasteiger partial charge in [0.2, 0.25) is 11.8 Å². The molecule has 0 unspecified atom stereocenters. The number of amides is 1. The summed E-state index contributed by atoms with van der Waals surface area (Å²) in [6, 6.07) is 6.95. The van der Waals surface area contributed by atoms with Crippen LogP contribution >= 0.6 is 0 Å². The maximum absolute atomic E-state index is 12.4. The molecule has 0 aliphatic heterocycles. The smallest absolute Gasteiger partial charge is 0.422 e. The summed E-state index contributed by atoms with van der Waals surface area (Å²) >= 11 is 0. The third-order valence-electron chi connectivity index (χ3n) is 4.66. The third-order valence-corrected chi connectivity index (χ3v) is 4.66. The van der Waals surface area contributed by atoms with Crippen LogP contribution in [-0.2, 0) is 17.8 Å². The topological polar surface area (TPSA) is 94.8 Å². The van der Waals surface area contributed by atoms with E-state index in [2.05, 4.69) is 25.4 Å². The lowest BCUT2D eigenvalue weighted by molar-refractivity contribution is -0.154. The number of rotatable bonds is 7. The van der Waals surface area contributed by atoms with E-state index in [0.717, 1.165) is 11.1 Å². The molecule has 0 aliphatic rings. The summed E-state index contributed by atoms with van der Waals surface area (Å²) in [5.74, 6) is 0.108. The fraction of sp³-hybridized carbons (Fsp3) is 0.227. The van der Waals surface area contributed by atoms with Crippen molar-refractivity contribution in [2.24, 2.45) is 0 Å². The standard InChI is InChI=1S/C22H19F3N6O2/c1-14-8-16(10-28-21(14)33-13-22(23,24)25)11-31-12-17-18(30-31)4-7-27-20(17)29-19(32)9-15-2-5-26-6-3-15/h2-8,10,12H,9,11,13H2,1H3,(H,27,29,32). The molecule has 4 aromatic rings. The molecule has 33 heavy (non-hydrogen) atoms. The van der Waals surface area contributed by atoms with Crippen LogP contribution in [0.25, 0.3) is 10.9 Å². The van der Waals surface area contributed by atoms with Gasteiger partial charge in [-0.2, -0.15) is 18.3 Å². The molecule has 0 aliphatic carbocycles. The van der Waals surface area contributed by atoms with Crippen molar-refractivity contribution in [3.8, 4) is 5.88 Å². The Morgan fingerprint density at radius 3 is 2.64 bits per heavy atom. The number of nitrogens with one attached hydrogen (secondary N) is 1. The van der Waals surface area contributed by atoms with Gasteiger partial charge < -0.3 is 10.1 Å². The van der Waals surface area contributed by atoms with Crippen molar-refractivity contribution in [3.63, 3.8) is 0 Å². The summed E-state index contributed by atoms with van der Waals surface area (Å²) in [5.41, 5.74) is 2.69. The number of nitrogens with zero attached hydrogens (tertiary/aromatic N) is 5. The third kappa shape index (κ3) is 5.82. The molecule has 0 bridgehead atoms. The van der Waals surface area contributed by atoms with Crippen LogP contribution in [0.15, 0.2) is 55.2 Å². The molecule has 11 heteroatoms. The van der Waals surface area contributed by atoms with Gasteiger partial charge in [-0.15, -0.1) is 0 Å². The molecule has 4 heterocycles. The minimum Gasteiger partial charge on any atom is -0.468 e. The Labute approximate surface area is 186 Å². The predicted octanol–water partition coefficient (Wildman–Crippen LogP) is 3.70. The Morgan fingerprint density at radius 1 is 1.12 bits per heavy atom. The van der Waals surface area contributed by atoms with E-state index in [9.17, 15) is 18.0 Å². The number of pyridine rings is 3. The van der Waals surface area contributed by atoms with Crippen LogP contribution in [-0.4, -0.2) is 43.4 Å². The van der Waals surface area contributed by atoms with Gasteiger partial charge in [0.15, 0.2) is 6.61 Å². The van der Waals surface area contributed by atoms with Crippen LogP contribution in [0.5, 0.6) is 5.88 Å². The molecule has 0 saturated carbocycles. The molecule has 0 aromatic carbocycles. The van der Waals surface area contributed by atoms with Crippen LogP contribution in [0.3, 0.4) is 0 Å². The molecule has 0 radical (unpaired) electrons. The van der Waals surface area contributed by atoms with Gasteiger partial charge in [0.1, 0.15) is 5.82 Å². The number of aryl methyl sites for hydroxylation is 1. The number of carbonyl (C=O) groups excluding carboxylic acids is 1. The van der Waals surface area contributed by atoms with E-state index in [4.69, 9.17) is 4.74 Å². The van der Waals surface area contributed by atoms with Gasteiger partial charge in [0, 0.05) is 36.5 Å². The number of hydrogen-bond donors (Lipinski definition) is 1. The Balaban J connectivity index is 1.47. The molecule has 1 N–H and O–H groups in total. The Morgan fingerprint density at radius 2 is 1.91 bits per heavy atom. The highest BCUT2D eigenvalue weighted by Gasteiger charge is 2.29. The molecule has 0 atom stereocenters. The quantitative estimate of drug-likeness (QED) is 0.456. The van der Waals surface area contributed by atoms with E-state index in [1.165, 1.54) is 6.20 Å². The second-order valence-electron chi connectivity index (χ2n) is 7.37. The molecule has 170 valence electrons. The Kier molecular flexibility index (Phi) is 6.20. The van der Waals surface area contributed by atoms with E-state index >= 15 is 0 Å². The predicted molar refractivity (Wildman–Crippen MR) is 114 cm³/mol. The number of ether oxygens (including phenoxy) is 1. The highest BCUT2D eigenvalue weighted by atomic mass is 19.4. The zero-order valence-electron chi connectivity index (χ0n) is 17.5. The lowest BCUT2D eigenvalue weighted by Crippen LogP contribution is -2.20. The van der Waals surface area contributed by atoms with Gasteiger partial charge in [0.25, 0.3) is 0 Å². The first kappa shape index (κ1) is 22.2. The summed E-state index contributed by atoms with van der Waals surface area (Å²) in [6.07, 6.45) is 3.74. The highest BCUT2D eigenvalue weighted by molar-refractivity contribution is 5.99. The second kappa shape index (κ2) is 9.23. The van der Waals surface area contributed by atoms with Crippen LogP contribution in [0.4, 0.5) is 19.0 Å². The van der Waals surface area contributed by atoms with E-state index in [0.29, 0.717) is 28.8 Å². The number of fused-ring (bicyclic) bond motifs is 1. The van der Waals surface area contributed by atoms with Gasteiger partial charge in [-0.3, -0.25) is 14.5 Å². The molecule has 0 fully saturated rings. The summed E-state index contributed by atoms with van der Waals surface area (Å²) in [4.78, 5) is 24.6. The van der Waals surface area contributed by atoms with Gasteiger partial charge in [0.05, 0.1) is 23.9 Å². The van der Waals surface area contributed by atoms with E-state index in [-0.39, 0.29) is 18.2 Å². The maximum atomic E-state index is 12.4. The molecule has 8 nitrogen and oxygen atoms in total. The molecule has 0 spiro atoms. The van der Waals surface area contributed by atoms with Crippen molar-refractivity contribution in [3.05, 3.63) is 71.9 Å². The van der Waals surface area contributed by atoms with Crippen molar-refractivity contribution >= 4 is 22.6 Å². The largest absolute Gasteiger partial charge is 0.468 e. The number of halogens is 3. The van der Waals surface area contributed by atoms with Crippen molar-refractivity contribution < 1.29 is 22.7 Å². The number of carbonyl (C=O) groups is 1. The molecule has 4 aromatic heterocycles. The van der Waals surface area contributed by atoms with Crippen LogP contribution in [0.1, 0.15) is 16.7 Å². The number of hydrogen-bond acceptors (Lipinski definition) is 6. The van der Waals surface area contributed by atoms with Crippen molar-refractivity contribution in [2.75, 3.05) is 11.9 Å². The number of alkyl halides is 3. The molecular weight excluding hydrogens is 437 g/mol. The average Bonchev–Trinajstić information content (AvgIpc) is 3.16. The summed E-state index contributed by atoms with van der Waals surface area (Å²) in [5, 5.41) is 7.96. The minimum absolute atomic E-state index is 0.0647. The highest BCUT2D eigenvalue weighted by Crippen LogP contribution is 2.23. The molecular formula is C22H19F3N6O2. The average molecular weight is 456 g/mol. The molecule has 0 saturated heterocycles. The van der Waals surface area contributed by atoms with Crippen LogP contribution < -0.4 is 10.1 Å². The first-order valence-corrected chi connectivity index (χ1v) is 9.93. The van der Waals surface area contributed by atoms with Crippen molar-refractivity contribution in [1.29, 1.82) is 0 Å². The molecule has 1 amide bonds. The second-order valence-corrected chi connectivity index (χ2v) is 7.37. The van der Waals surface area contributed by atoms with Gasteiger partial charge in [-0.1, -0.05) is 0 Å². The minimum atomic E-state index is -4.43. The summed E-state index contributed by atoms with van der Waals surface area (Å²) in [7, 11) is 0. The summed E-state index contributed by atoms with van der Waals surface area (Å²) in [6.45, 7) is 0.558. The van der Waals surface area contributed by atoms with Crippen LogP contribution in [0, 0.1) is 6.92 Å². The zero-order chi connectivity index (χ0) is 23.4. The number of aromatic nitrogens is 5. The van der Waals surface area contributed by atoms with E-state index < -0.39 is 12.8 Å². The van der Waals surface area contributed by atoms with Crippen molar-refractivity contribution in [1.82, 2.24) is 24.7 Å². The maximum Gasteiger partial charge on any atom is 0.422 e. The van der Waals surface area contributed by atoms with Gasteiger partial charge in [-0.25, -0.2) is 9.97 Å². The van der Waals surface area contributed by atoms with Gasteiger partial charge >= 0.3 is 6.18 Å². The molecule has 4 rings (SSSR count). The SMILES string of the molecule is Cc1cc(Cn2cc3c(NC(=O)Cc4ccncc4)nccc3n2)cnc1OCC(F)(F)F. The van der Waals surface area contributed by atoms with Crippen LogP contribution in [0.2, 0.25) is 0 Å². The fourth-order valence-corrected chi connectivity index (χ4v) is 3.23. The summed E-state index contributed by atoms with van der Waals surface area (Å²) < 4.78 is 43.5. The van der Waals surface area contributed by atoms with E-state index in [1.54, 1.807) is 60.7 Å². The monoisotopic (exact) mass is 456 g/mol. The normalized spacial score (nSPS) is 11.5. The van der Waals surface area contributed by atoms with Crippen molar-refractivity contribution in [2.45, 2.75) is 26.1 Å². The lowest BCUT2D eigenvalue weighted by atomic mass is 10.2. The lowest BCUT2D eigenvalue weighted by Gasteiger charge is -2.11. The fourth-order valence-electron chi connectivity index (χ4n) is 3.23. The number of anilines is 1. The first-order valence-electron chi connectivity index (χ1n) is 9.93.